The van der Waals surface area contributed by atoms with E-state index < -0.39 is 0 Å². The van der Waals surface area contributed by atoms with Gasteiger partial charge in [-0.25, -0.2) is 4.68 Å². The third kappa shape index (κ3) is 3.62. The number of hydrogen-bond acceptors (Lipinski definition) is 4. The maximum absolute atomic E-state index is 12.3. The molecule has 0 radical (unpaired) electrons. The van der Waals surface area contributed by atoms with Gasteiger partial charge < -0.3 is 11.1 Å². The van der Waals surface area contributed by atoms with Gasteiger partial charge in [0, 0.05) is 10.2 Å². The van der Waals surface area contributed by atoms with E-state index in [1.54, 1.807) is 12.1 Å². The first-order valence-electron chi connectivity index (χ1n) is 7.34. The van der Waals surface area contributed by atoms with Crippen LogP contribution in [0.2, 0.25) is 0 Å². The van der Waals surface area contributed by atoms with E-state index in [4.69, 9.17) is 5.73 Å². The number of aromatic nitrogens is 3. The third-order valence-electron chi connectivity index (χ3n) is 3.51. The Hall–Kier alpha value is -2.67. The van der Waals surface area contributed by atoms with Crippen molar-refractivity contribution in [3.05, 3.63) is 69.8 Å². The van der Waals surface area contributed by atoms with E-state index in [2.05, 4.69) is 31.6 Å². The summed E-state index contributed by atoms with van der Waals surface area (Å²) in [4.78, 5) is 12.3. The third-order valence-corrected chi connectivity index (χ3v) is 4.03. The van der Waals surface area contributed by atoms with Gasteiger partial charge in [-0.1, -0.05) is 51.0 Å². The molecule has 0 bridgehead atoms. The molecule has 0 saturated carbocycles. The Bertz CT molecular complexity index is 873. The Morgan fingerprint density at radius 1 is 1.25 bits per heavy atom. The van der Waals surface area contributed by atoms with E-state index in [0.717, 1.165) is 15.6 Å². The summed E-state index contributed by atoms with van der Waals surface area (Å²) in [5.74, 6) is -0.142. The normalized spacial score (nSPS) is 10.6. The molecule has 0 unspecified atom stereocenters. The molecule has 0 aliphatic rings. The standard InChI is InChI=1S/C17H16BrN5O/c1-11-3-2-4-12(9-11)10-23-16(19)15(21-22-23)17(24)20-14-7-5-13(18)6-8-14/h2-9H,10,19H2,1H3,(H,20,24). The number of nitrogens with one attached hydrogen (secondary N) is 1. The smallest absolute Gasteiger partial charge is 0.280 e. The molecule has 1 aromatic heterocycles. The van der Waals surface area contributed by atoms with Crippen LogP contribution in [0.3, 0.4) is 0 Å². The van der Waals surface area contributed by atoms with Crippen molar-refractivity contribution in [1.29, 1.82) is 0 Å². The second kappa shape index (κ2) is 6.84. The molecule has 122 valence electrons. The van der Waals surface area contributed by atoms with Gasteiger partial charge in [-0.2, -0.15) is 0 Å². The number of carbonyl (C=O) groups excluding carboxylic acids is 1. The van der Waals surface area contributed by atoms with Crippen molar-refractivity contribution in [2.75, 3.05) is 11.1 Å². The average molecular weight is 386 g/mol. The van der Waals surface area contributed by atoms with Gasteiger partial charge in [-0.3, -0.25) is 4.79 Å². The number of nitrogen functional groups attached to an aromatic ring is 1. The monoisotopic (exact) mass is 385 g/mol. The lowest BCUT2D eigenvalue weighted by Crippen LogP contribution is -2.15. The fourth-order valence-corrected chi connectivity index (χ4v) is 2.57. The van der Waals surface area contributed by atoms with Gasteiger partial charge in [-0.15, -0.1) is 5.10 Å². The molecule has 2 aromatic carbocycles. The summed E-state index contributed by atoms with van der Waals surface area (Å²) in [6.07, 6.45) is 0. The quantitative estimate of drug-likeness (QED) is 0.721. The van der Waals surface area contributed by atoms with Crippen LogP contribution in [-0.4, -0.2) is 20.9 Å². The van der Waals surface area contributed by atoms with Gasteiger partial charge >= 0.3 is 0 Å². The number of anilines is 2. The van der Waals surface area contributed by atoms with E-state index in [1.165, 1.54) is 4.68 Å². The number of rotatable bonds is 4. The Morgan fingerprint density at radius 3 is 2.71 bits per heavy atom. The van der Waals surface area contributed by atoms with E-state index in [1.807, 2.05) is 43.3 Å². The molecule has 6 nitrogen and oxygen atoms in total. The number of aryl methyl sites for hydroxylation is 1. The topological polar surface area (TPSA) is 85.8 Å². The lowest BCUT2D eigenvalue weighted by Gasteiger charge is -2.06. The van der Waals surface area contributed by atoms with Crippen LogP contribution in [0.5, 0.6) is 0 Å². The van der Waals surface area contributed by atoms with Crippen LogP contribution in [-0.2, 0) is 6.54 Å². The van der Waals surface area contributed by atoms with Crippen molar-refractivity contribution in [2.45, 2.75) is 13.5 Å². The summed E-state index contributed by atoms with van der Waals surface area (Å²) >= 11 is 3.35. The molecule has 3 aromatic rings. The number of nitrogens with zero attached hydrogens (tertiary/aromatic N) is 3. The molecule has 0 aliphatic carbocycles. The second-order valence-electron chi connectivity index (χ2n) is 5.43. The Balaban J connectivity index is 1.76. The highest BCUT2D eigenvalue weighted by Gasteiger charge is 2.17. The van der Waals surface area contributed by atoms with E-state index in [9.17, 15) is 4.79 Å². The predicted octanol–water partition coefficient (Wildman–Crippen LogP) is 3.23. The summed E-state index contributed by atoms with van der Waals surface area (Å²) in [5.41, 5.74) is 9.02. The molecule has 0 fully saturated rings. The van der Waals surface area contributed by atoms with Gasteiger partial charge in [0.2, 0.25) is 0 Å². The number of benzene rings is 2. The van der Waals surface area contributed by atoms with Gasteiger partial charge in [0.05, 0.1) is 6.54 Å². The number of nitrogens with two attached hydrogens (primary N) is 1. The second-order valence-corrected chi connectivity index (χ2v) is 6.35. The molecular weight excluding hydrogens is 370 g/mol. The fraction of sp³-hybridized carbons (Fsp3) is 0.118. The highest BCUT2D eigenvalue weighted by Crippen LogP contribution is 2.17. The number of carbonyl (C=O) groups is 1. The number of hydrogen-bond donors (Lipinski definition) is 2. The van der Waals surface area contributed by atoms with Crippen LogP contribution < -0.4 is 11.1 Å². The van der Waals surface area contributed by atoms with E-state index in [0.29, 0.717) is 12.2 Å². The Labute approximate surface area is 147 Å². The summed E-state index contributed by atoms with van der Waals surface area (Å²) in [6.45, 7) is 2.48. The molecule has 24 heavy (non-hydrogen) atoms. The van der Waals surface area contributed by atoms with Crippen molar-refractivity contribution >= 4 is 33.3 Å². The van der Waals surface area contributed by atoms with Gasteiger partial charge in [0.25, 0.3) is 5.91 Å². The maximum atomic E-state index is 12.3. The minimum absolute atomic E-state index is 0.116. The minimum Gasteiger partial charge on any atom is -0.382 e. The van der Waals surface area contributed by atoms with Gasteiger partial charge in [0.15, 0.2) is 11.5 Å². The predicted molar refractivity (Wildman–Crippen MR) is 96.8 cm³/mol. The molecule has 1 heterocycles. The molecule has 0 spiro atoms. The zero-order valence-electron chi connectivity index (χ0n) is 13.0. The lowest BCUT2D eigenvalue weighted by atomic mass is 10.1. The maximum Gasteiger partial charge on any atom is 0.280 e. The van der Waals surface area contributed by atoms with Gasteiger partial charge in [-0.05, 0) is 36.8 Å². The highest BCUT2D eigenvalue weighted by atomic mass is 79.9. The van der Waals surface area contributed by atoms with Crippen molar-refractivity contribution in [1.82, 2.24) is 15.0 Å². The summed E-state index contributed by atoms with van der Waals surface area (Å²) in [7, 11) is 0. The van der Waals surface area contributed by atoms with Crippen LogP contribution in [0.15, 0.2) is 53.0 Å². The van der Waals surface area contributed by atoms with Crippen LogP contribution in [0.4, 0.5) is 11.5 Å². The zero-order valence-corrected chi connectivity index (χ0v) is 14.6. The number of halogens is 1. The zero-order chi connectivity index (χ0) is 17.1. The molecule has 1 amide bonds. The lowest BCUT2D eigenvalue weighted by molar-refractivity contribution is 0.102. The Kier molecular flexibility index (Phi) is 4.61. The molecule has 0 saturated heterocycles. The average Bonchev–Trinajstić information content (AvgIpc) is 2.91. The molecule has 0 aliphatic heterocycles. The van der Waals surface area contributed by atoms with Crippen LogP contribution in [0.1, 0.15) is 21.6 Å². The molecular formula is C17H16BrN5O. The summed E-state index contributed by atoms with van der Waals surface area (Å²) in [6, 6.07) is 15.3. The minimum atomic E-state index is -0.384. The molecule has 0 atom stereocenters. The number of amides is 1. The van der Waals surface area contributed by atoms with Crippen LogP contribution in [0, 0.1) is 6.92 Å². The van der Waals surface area contributed by atoms with Crippen LogP contribution in [0.25, 0.3) is 0 Å². The molecule has 3 rings (SSSR count). The fourth-order valence-electron chi connectivity index (χ4n) is 2.31. The first kappa shape index (κ1) is 16.2. The molecule has 7 heteroatoms. The van der Waals surface area contributed by atoms with Crippen molar-refractivity contribution in [2.24, 2.45) is 0 Å². The van der Waals surface area contributed by atoms with Crippen molar-refractivity contribution < 1.29 is 4.79 Å². The van der Waals surface area contributed by atoms with Crippen molar-refractivity contribution in [3.8, 4) is 0 Å². The van der Waals surface area contributed by atoms with Crippen molar-refractivity contribution in [3.63, 3.8) is 0 Å². The van der Waals surface area contributed by atoms with Gasteiger partial charge in [0.1, 0.15) is 0 Å². The largest absolute Gasteiger partial charge is 0.382 e. The van der Waals surface area contributed by atoms with E-state index in [-0.39, 0.29) is 17.4 Å². The summed E-state index contributed by atoms with van der Waals surface area (Å²) in [5, 5.41) is 10.7. The first-order valence-corrected chi connectivity index (χ1v) is 8.13. The Morgan fingerprint density at radius 2 is 2.00 bits per heavy atom. The molecule has 3 N–H and O–H groups in total. The van der Waals surface area contributed by atoms with E-state index >= 15 is 0 Å². The SMILES string of the molecule is Cc1cccc(Cn2nnc(C(=O)Nc3ccc(Br)cc3)c2N)c1. The highest BCUT2D eigenvalue weighted by molar-refractivity contribution is 9.10. The van der Waals surface area contributed by atoms with Crippen LogP contribution >= 0.6 is 15.9 Å². The first-order chi connectivity index (χ1) is 11.5. The summed E-state index contributed by atoms with van der Waals surface area (Å²) < 4.78 is 2.45.